The van der Waals surface area contributed by atoms with Gasteiger partial charge in [-0.05, 0) is 51.4 Å². The molecule has 2 rings (SSSR count). The normalized spacial score (nSPS) is 17.4. The first-order chi connectivity index (χ1) is 12.0. The van der Waals surface area contributed by atoms with Gasteiger partial charge in [0.15, 0.2) is 0 Å². The SMILES string of the molecule is CCCCOC(C)C(=O)NCC(c1c(F)cccc1Cl)N1CCCC1. The van der Waals surface area contributed by atoms with Crippen LogP contribution in [-0.2, 0) is 9.53 Å². The summed E-state index contributed by atoms with van der Waals surface area (Å²) in [5, 5.41) is 3.31. The standard InChI is InChI=1S/C19H28ClFN2O2/c1-3-4-12-25-14(2)19(24)22-13-17(23-10-5-6-11-23)18-15(20)8-7-9-16(18)21/h7-9,14,17H,3-6,10-13H2,1-2H3,(H,22,24). The summed E-state index contributed by atoms with van der Waals surface area (Å²) >= 11 is 6.26. The number of benzene rings is 1. The maximum absolute atomic E-state index is 14.4. The number of carbonyl (C=O) groups is 1. The van der Waals surface area contributed by atoms with Crippen LogP contribution < -0.4 is 5.32 Å². The van der Waals surface area contributed by atoms with E-state index in [1.54, 1.807) is 19.1 Å². The molecule has 1 aliphatic rings. The van der Waals surface area contributed by atoms with Gasteiger partial charge < -0.3 is 10.1 Å². The summed E-state index contributed by atoms with van der Waals surface area (Å²) in [7, 11) is 0. The first-order valence-electron chi connectivity index (χ1n) is 9.11. The van der Waals surface area contributed by atoms with E-state index in [9.17, 15) is 9.18 Å². The fourth-order valence-corrected chi connectivity index (χ4v) is 3.41. The Balaban J connectivity index is 2.03. The molecular weight excluding hydrogens is 343 g/mol. The maximum Gasteiger partial charge on any atom is 0.248 e. The van der Waals surface area contributed by atoms with Crippen molar-refractivity contribution in [3.05, 3.63) is 34.6 Å². The van der Waals surface area contributed by atoms with Crippen LogP contribution in [0.5, 0.6) is 0 Å². The first kappa shape index (κ1) is 20.1. The van der Waals surface area contributed by atoms with Crippen LogP contribution in [-0.4, -0.2) is 43.2 Å². The van der Waals surface area contributed by atoms with Crippen LogP contribution in [0.3, 0.4) is 0 Å². The lowest BCUT2D eigenvalue weighted by Crippen LogP contribution is -2.41. The predicted molar refractivity (Wildman–Crippen MR) is 98.3 cm³/mol. The van der Waals surface area contributed by atoms with Gasteiger partial charge in [-0.3, -0.25) is 9.69 Å². The van der Waals surface area contributed by atoms with E-state index >= 15 is 0 Å². The zero-order chi connectivity index (χ0) is 18.2. The van der Waals surface area contributed by atoms with E-state index in [1.807, 2.05) is 0 Å². The molecule has 2 unspecified atom stereocenters. The zero-order valence-corrected chi connectivity index (χ0v) is 15.8. The Kier molecular flexibility index (Phi) is 8.13. The average molecular weight is 371 g/mol. The number of nitrogens with zero attached hydrogens (tertiary/aromatic N) is 1. The van der Waals surface area contributed by atoms with Crippen molar-refractivity contribution < 1.29 is 13.9 Å². The summed E-state index contributed by atoms with van der Waals surface area (Å²) < 4.78 is 19.9. The Bertz CT molecular complexity index is 544. The van der Waals surface area contributed by atoms with Crippen molar-refractivity contribution >= 4 is 17.5 Å². The van der Waals surface area contributed by atoms with Gasteiger partial charge in [-0.15, -0.1) is 0 Å². The van der Waals surface area contributed by atoms with Crippen LogP contribution >= 0.6 is 11.6 Å². The summed E-state index contributed by atoms with van der Waals surface area (Å²) in [5.74, 6) is -0.501. The number of nitrogens with one attached hydrogen (secondary N) is 1. The summed E-state index contributed by atoms with van der Waals surface area (Å²) in [6.45, 7) is 6.47. The molecule has 0 aromatic heterocycles. The van der Waals surface area contributed by atoms with Gasteiger partial charge in [-0.2, -0.15) is 0 Å². The van der Waals surface area contributed by atoms with Gasteiger partial charge in [-0.1, -0.05) is 31.0 Å². The molecule has 1 aromatic rings. The van der Waals surface area contributed by atoms with Gasteiger partial charge in [-0.25, -0.2) is 4.39 Å². The van der Waals surface area contributed by atoms with E-state index in [0.29, 0.717) is 23.7 Å². The second-order valence-electron chi connectivity index (χ2n) is 6.51. The second-order valence-corrected chi connectivity index (χ2v) is 6.91. The van der Waals surface area contributed by atoms with E-state index in [-0.39, 0.29) is 17.8 Å². The minimum Gasteiger partial charge on any atom is -0.369 e. The number of hydrogen-bond donors (Lipinski definition) is 1. The van der Waals surface area contributed by atoms with Crippen LogP contribution in [0.15, 0.2) is 18.2 Å². The lowest BCUT2D eigenvalue weighted by Gasteiger charge is -2.29. The van der Waals surface area contributed by atoms with E-state index < -0.39 is 6.10 Å². The van der Waals surface area contributed by atoms with Crippen molar-refractivity contribution in [1.82, 2.24) is 10.2 Å². The lowest BCUT2D eigenvalue weighted by molar-refractivity contribution is -0.132. The molecule has 25 heavy (non-hydrogen) atoms. The molecular formula is C19H28ClFN2O2. The molecule has 1 aromatic carbocycles. The third-order valence-electron chi connectivity index (χ3n) is 4.62. The number of carbonyl (C=O) groups excluding carboxylic acids is 1. The lowest BCUT2D eigenvalue weighted by atomic mass is 10.0. The molecule has 4 nitrogen and oxygen atoms in total. The van der Waals surface area contributed by atoms with Crippen molar-refractivity contribution in [2.75, 3.05) is 26.2 Å². The molecule has 1 N–H and O–H groups in total. The number of rotatable bonds is 9. The summed E-state index contributed by atoms with van der Waals surface area (Å²) in [6.07, 6.45) is 3.60. The average Bonchev–Trinajstić information content (AvgIpc) is 3.11. The summed E-state index contributed by atoms with van der Waals surface area (Å²) in [4.78, 5) is 14.5. The number of amides is 1. The topological polar surface area (TPSA) is 41.6 Å². The number of halogens is 2. The molecule has 1 aliphatic heterocycles. The van der Waals surface area contributed by atoms with Crippen molar-refractivity contribution in [2.24, 2.45) is 0 Å². The van der Waals surface area contributed by atoms with Gasteiger partial charge in [0, 0.05) is 23.7 Å². The molecule has 0 spiro atoms. The molecule has 6 heteroatoms. The Labute approximate surface area is 154 Å². The van der Waals surface area contributed by atoms with Crippen molar-refractivity contribution in [1.29, 1.82) is 0 Å². The highest BCUT2D eigenvalue weighted by Gasteiger charge is 2.28. The van der Waals surface area contributed by atoms with Crippen LogP contribution in [0.1, 0.15) is 51.1 Å². The largest absolute Gasteiger partial charge is 0.369 e. The molecule has 1 fully saturated rings. The van der Waals surface area contributed by atoms with E-state index in [1.165, 1.54) is 6.07 Å². The summed E-state index contributed by atoms with van der Waals surface area (Å²) in [6, 6.07) is 4.46. The van der Waals surface area contributed by atoms with Crippen molar-refractivity contribution in [3.8, 4) is 0 Å². The fourth-order valence-electron chi connectivity index (χ4n) is 3.12. The fraction of sp³-hybridized carbons (Fsp3) is 0.632. The molecule has 2 atom stereocenters. The van der Waals surface area contributed by atoms with E-state index in [2.05, 4.69) is 17.1 Å². The highest BCUT2D eigenvalue weighted by molar-refractivity contribution is 6.31. The van der Waals surface area contributed by atoms with E-state index in [0.717, 1.165) is 38.8 Å². The minimum absolute atomic E-state index is 0.173. The quantitative estimate of drug-likeness (QED) is 0.669. The molecule has 0 saturated carbocycles. The van der Waals surface area contributed by atoms with Crippen molar-refractivity contribution in [2.45, 2.75) is 51.7 Å². The van der Waals surface area contributed by atoms with Crippen LogP contribution in [0.2, 0.25) is 5.02 Å². The third kappa shape index (κ3) is 5.66. The minimum atomic E-state index is -0.512. The Morgan fingerprint density at radius 1 is 1.40 bits per heavy atom. The Hall–Kier alpha value is -1.17. The molecule has 0 radical (unpaired) electrons. The first-order valence-corrected chi connectivity index (χ1v) is 9.49. The van der Waals surface area contributed by atoms with Gasteiger partial charge >= 0.3 is 0 Å². The van der Waals surface area contributed by atoms with Gasteiger partial charge in [0.05, 0.1) is 6.04 Å². The number of unbranched alkanes of at least 4 members (excludes halogenated alkanes) is 1. The number of likely N-dealkylation sites (tertiary alicyclic amines) is 1. The van der Waals surface area contributed by atoms with Crippen LogP contribution in [0, 0.1) is 5.82 Å². The molecule has 0 aliphatic carbocycles. The van der Waals surface area contributed by atoms with Gasteiger partial charge in [0.2, 0.25) is 5.91 Å². The molecule has 1 saturated heterocycles. The Morgan fingerprint density at radius 3 is 2.76 bits per heavy atom. The molecule has 0 bridgehead atoms. The van der Waals surface area contributed by atoms with Gasteiger partial charge in [0.25, 0.3) is 0 Å². The monoisotopic (exact) mass is 370 g/mol. The summed E-state index contributed by atoms with van der Waals surface area (Å²) in [5.41, 5.74) is 0.464. The smallest absolute Gasteiger partial charge is 0.248 e. The van der Waals surface area contributed by atoms with Gasteiger partial charge in [0.1, 0.15) is 11.9 Å². The highest BCUT2D eigenvalue weighted by Crippen LogP contribution is 2.31. The molecule has 1 heterocycles. The Morgan fingerprint density at radius 2 is 2.12 bits per heavy atom. The van der Waals surface area contributed by atoms with Crippen LogP contribution in [0.4, 0.5) is 4.39 Å². The highest BCUT2D eigenvalue weighted by atomic mass is 35.5. The third-order valence-corrected chi connectivity index (χ3v) is 4.95. The molecule has 140 valence electrons. The predicted octanol–water partition coefficient (Wildman–Crippen LogP) is 3.94. The maximum atomic E-state index is 14.4. The van der Waals surface area contributed by atoms with E-state index in [4.69, 9.17) is 16.3 Å². The van der Waals surface area contributed by atoms with Crippen LogP contribution in [0.25, 0.3) is 0 Å². The second kappa shape index (κ2) is 10.1. The number of hydrogen-bond acceptors (Lipinski definition) is 3. The zero-order valence-electron chi connectivity index (χ0n) is 15.1. The van der Waals surface area contributed by atoms with Crippen molar-refractivity contribution in [3.63, 3.8) is 0 Å². The molecule has 1 amide bonds. The number of ether oxygens (including phenoxy) is 1.